The molecule has 2 heterocycles. The Labute approximate surface area is 202 Å². The summed E-state index contributed by atoms with van der Waals surface area (Å²) < 4.78 is 11.5. The molecule has 6 nitrogen and oxygen atoms in total. The summed E-state index contributed by atoms with van der Waals surface area (Å²) in [5.74, 6) is 0.829. The van der Waals surface area contributed by atoms with Crippen molar-refractivity contribution in [1.29, 1.82) is 0 Å². The van der Waals surface area contributed by atoms with Crippen LogP contribution >= 0.6 is 11.6 Å². The molecule has 3 aromatic rings. The molecular formula is C26H35ClN4O2. The van der Waals surface area contributed by atoms with Gasteiger partial charge >= 0.3 is 0 Å². The van der Waals surface area contributed by atoms with Crippen LogP contribution in [0.15, 0.2) is 47.0 Å². The number of nitrogens with zero attached hydrogens (tertiary/aromatic N) is 4. The zero-order valence-electron chi connectivity index (χ0n) is 19.8. The molecule has 178 valence electrons. The first kappa shape index (κ1) is 24.0. The van der Waals surface area contributed by atoms with Gasteiger partial charge in [0.15, 0.2) is 5.58 Å². The van der Waals surface area contributed by atoms with Gasteiger partial charge in [0, 0.05) is 61.3 Å². The molecule has 1 aliphatic heterocycles. The molecule has 0 bridgehead atoms. The van der Waals surface area contributed by atoms with Gasteiger partial charge in [-0.25, -0.2) is 0 Å². The third kappa shape index (κ3) is 6.93. The number of aromatic nitrogens is 1. The van der Waals surface area contributed by atoms with Gasteiger partial charge in [0.1, 0.15) is 11.4 Å². The highest BCUT2D eigenvalue weighted by atomic mass is 35.5. The fourth-order valence-corrected chi connectivity index (χ4v) is 4.33. The number of fused-ring (bicyclic) bond motifs is 1. The van der Waals surface area contributed by atoms with Crippen LogP contribution in [0.1, 0.15) is 19.3 Å². The van der Waals surface area contributed by atoms with Gasteiger partial charge in [-0.05, 0) is 64.2 Å². The van der Waals surface area contributed by atoms with E-state index >= 15 is 0 Å². The average molecular weight is 471 g/mol. The van der Waals surface area contributed by atoms with Crippen LogP contribution in [0.25, 0.3) is 22.2 Å². The number of likely N-dealkylation sites (N-methyl/N-ethyl adjacent to an activating group) is 1. The number of hydrogen-bond donors (Lipinski definition) is 0. The topological polar surface area (TPSA) is 45.0 Å². The van der Waals surface area contributed by atoms with E-state index in [-0.39, 0.29) is 0 Å². The van der Waals surface area contributed by atoms with E-state index in [1.165, 1.54) is 52.1 Å². The molecule has 0 radical (unpaired) electrons. The van der Waals surface area contributed by atoms with E-state index in [2.05, 4.69) is 34.0 Å². The van der Waals surface area contributed by atoms with Crippen LogP contribution in [0.2, 0.25) is 5.02 Å². The van der Waals surface area contributed by atoms with Gasteiger partial charge in [-0.15, -0.1) is 0 Å². The van der Waals surface area contributed by atoms with E-state index in [1.807, 2.05) is 42.5 Å². The van der Waals surface area contributed by atoms with Crippen molar-refractivity contribution in [2.45, 2.75) is 19.3 Å². The minimum absolute atomic E-state index is 0.709. The smallest absolute Gasteiger partial charge is 0.171 e. The molecule has 1 fully saturated rings. The molecule has 0 unspecified atom stereocenters. The van der Waals surface area contributed by atoms with Crippen LogP contribution in [0.4, 0.5) is 0 Å². The van der Waals surface area contributed by atoms with Gasteiger partial charge < -0.3 is 19.1 Å². The van der Waals surface area contributed by atoms with E-state index in [9.17, 15) is 0 Å². The molecule has 0 spiro atoms. The molecule has 4 rings (SSSR count). The Bertz CT molecular complexity index is 997. The van der Waals surface area contributed by atoms with E-state index in [1.54, 1.807) is 0 Å². The van der Waals surface area contributed by atoms with Crippen molar-refractivity contribution in [3.8, 4) is 17.0 Å². The second-order valence-electron chi connectivity index (χ2n) is 9.09. The molecule has 1 aliphatic rings. The maximum Gasteiger partial charge on any atom is 0.171 e. The molecule has 33 heavy (non-hydrogen) atoms. The number of rotatable bonds is 11. The average Bonchev–Trinajstić information content (AvgIpc) is 3.24. The number of piperazine rings is 1. The quantitative estimate of drug-likeness (QED) is 0.372. The normalized spacial score (nSPS) is 15.5. The van der Waals surface area contributed by atoms with E-state index in [0.717, 1.165) is 47.5 Å². The van der Waals surface area contributed by atoms with E-state index in [0.29, 0.717) is 5.02 Å². The van der Waals surface area contributed by atoms with Crippen LogP contribution in [0.5, 0.6) is 5.75 Å². The second kappa shape index (κ2) is 11.8. The zero-order chi connectivity index (χ0) is 23.0. The van der Waals surface area contributed by atoms with Crippen LogP contribution in [-0.4, -0.2) is 86.4 Å². The predicted molar refractivity (Wildman–Crippen MR) is 135 cm³/mol. The molecule has 1 aromatic heterocycles. The summed E-state index contributed by atoms with van der Waals surface area (Å²) in [7, 11) is 4.29. The van der Waals surface area contributed by atoms with Crippen molar-refractivity contribution in [2.75, 3.05) is 66.5 Å². The van der Waals surface area contributed by atoms with Crippen LogP contribution in [-0.2, 0) is 0 Å². The summed E-state index contributed by atoms with van der Waals surface area (Å²) in [4.78, 5) is 7.44. The van der Waals surface area contributed by atoms with Gasteiger partial charge in [-0.3, -0.25) is 4.90 Å². The third-order valence-corrected chi connectivity index (χ3v) is 6.53. The lowest BCUT2D eigenvalue weighted by Crippen LogP contribution is -2.48. The summed E-state index contributed by atoms with van der Waals surface area (Å²) in [6.07, 6.45) is 3.48. The third-order valence-electron chi connectivity index (χ3n) is 6.28. The monoisotopic (exact) mass is 470 g/mol. The SMILES string of the molecule is CN(C)CCN1CCN(CCCCCOc2ccc3c(-c4ccc(Cl)cc4)noc3c2)CC1. The Kier molecular flexibility index (Phi) is 8.62. The summed E-state index contributed by atoms with van der Waals surface area (Å²) >= 11 is 5.99. The first-order valence-electron chi connectivity index (χ1n) is 12.0. The lowest BCUT2D eigenvalue weighted by molar-refractivity contribution is 0.123. The summed E-state index contributed by atoms with van der Waals surface area (Å²) in [6, 6.07) is 13.6. The lowest BCUT2D eigenvalue weighted by atomic mass is 10.1. The number of halogens is 1. The molecular weight excluding hydrogens is 436 g/mol. The minimum atomic E-state index is 0.709. The van der Waals surface area contributed by atoms with Crippen LogP contribution in [0, 0.1) is 0 Å². The fourth-order valence-electron chi connectivity index (χ4n) is 4.21. The van der Waals surface area contributed by atoms with Gasteiger partial charge in [-0.1, -0.05) is 28.9 Å². The molecule has 2 aromatic carbocycles. The highest BCUT2D eigenvalue weighted by molar-refractivity contribution is 6.30. The van der Waals surface area contributed by atoms with Crippen molar-refractivity contribution >= 4 is 22.6 Å². The number of ether oxygens (including phenoxy) is 1. The van der Waals surface area contributed by atoms with Gasteiger partial charge in [0.05, 0.1) is 6.61 Å². The minimum Gasteiger partial charge on any atom is -0.493 e. The first-order chi connectivity index (χ1) is 16.1. The molecule has 0 aliphatic carbocycles. The Balaban J connectivity index is 1.14. The molecule has 0 atom stereocenters. The van der Waals surface area contributed by atoms with Gasteiger partial charge in [0.2, 0.25) is 0 Å². The maximum absolute atomic E-state index is 5.99. The summed E-state index contributed by atoms with van der Waals surface area (Å²) in [5.41, 5.74) is 2.55. The number of unbranched alkanes of at least 4 members (excludes halogenated alkanes) is 2. The Morgan fingerprint density at radius 3 is 2.39 bits per heavy atom. The number of benzene rings is 2. The van der Waals surface area contributed by atoms with Crippen LogP contribution in [0.3, 0.4) is 0 Å². The second-order valence-corrected chi connectivity index (χ2v) is 9.53. The Hall–Kier alpha value is -2.12. The maximum atomic E-state index is 5.99. The molecule has 1 saturated heterocycles. The van der Waals surface area contributed by atoms with Crippen LogP contribution < -0.4 is 4.74 Å². The fraction of sp³-hybridized carbons (Fsp3) is 0.500. The Morgan fingerprint density at radius 2 is 1.67 bits per heavy atom. The van der Waals surface area contributed by atoms with Crippen molar-refractivity contribution < 1.29 is 9.26 Å². The molecule has 7 heteroatoms. The van der Waals surface area contributed by atoms with E-state index < -0.39 is 0 Å². The van der Waals surface area contributed by atoms with Gasteiger partial charge in [0.25, 0.3) is 0 Å². The first-order valence-corrected chi connectivity index (χ1v) is 12.3. The van der Waals surface area contributed by atoms with Crippen molar-refractivity contribution in [3.05, 3.63) is 47.5 Å². The highest BCUT2D eigenvalue weighted by Crippen LogP contribution is 2.31. The van der Waals surface area contributed by atoms with Crippen molar-refractivity contribution in [3.63, 3.8) is 0 Å². The summed E-state index contributed by atoms with van der Waals surface area (Å²) in [6.45, 7) is 9.02. The van der Waals surface area contributed by atoms with E-state index in [4.69, 9.17) is 20.9 Å². The lowest BCUT2D eigenvalue weighted by Gasteiger charge is -2.35. The summed E-state index contributed by atoms with van der Waals surface area (Å²) in [5, 5.41) is 5.93. The standard InChI is InChI=1S/C26H35ClN4O2/c1-29(2)13-14-31-17-15-30(16-18-31)12-4-3-5-19-32-23-10-11-24-25(20-23)33-28-26(24)21-6-8-22(27)9-7-21/h6-11,20H,3-5,12-19H2,1-2H3. The predicted octanol–water partition coefficient (Wildman–Crippen LogP) is 4.88. The molecule has 0 amide bonds. The van der Waals surface area contributed by atoms with Gasteiger partial charge in [-0.2, -0.15) is 0 Å². The Morgan fingerprint density at radius 1 is 0.939 bits per heavy atom. The highest BCUT2D eigenvalue weighted by Gasteiger charge is 2.16. The largest absolute Gasteiger partial charge is 0.493 e. The zero-order valence-corrected chi connectivity index (χ0v) is 20.6. The van der Waals surface area contributed by atoms with Crippen molar-refractivity contribution in [1.82, 2.24) is 19.9 Å². The number of hydrogen-bond acceptors (Lipinski definition) is 6. The molecule has 0 saturated carbocycles. The van der Waals surface area contributed by atoms with Crippen molar-refractivity contribution in [2.24, 2.45) is 0 Å². The molecule has 0 N–H and O–H groups in total.